The lowest BCUT2D eigenvalue weighted by Crippen LogP contribution is -2.38. The monoisotopic (exact) mass is 505 g/mol. The lowest BCUT2D eigenvalue weighted by atomic mass is 10.0. The van der Waals surface area contributed by atoms with Gasteiger partial charge in [0, 0.05) is 38.8 Å². The molecule has 1 aliphatic heterocycles. The summed E-state index contributed by atoms with van der Waals surface area (Å²) in [5, 5.41) is 6.68. The highest BCUT2D eigenvalue weighted by Gasteiger charge is 2.15. The van der Waals surface area contributed by atoms with Crippen LogP contribution < -0.4 is 15.4 Å². The zero-order valence-electron chi connectivity index (χ0n) is 17.4. The first-order chi connectivity index (χ1) is 13.2. The predicted molar refractivity (Wildman–Crippen MR) is 125 cm³/mol. The van der Waals surface area contributed by atoms with Crippen molar-refractivity contribution in [3.63, 3.8) is 0 Å². The van der Waals surface area contributed by atoms with E-state index in [0.717, 1.165) is 57.3 Å². The second kappa shape index (κ2) is 14.9. The molecular weight excluding hydrogens is 469 g/mol. The van der Waals surface area contributed by atoms with Crippen molar-refractivity contribution < 1.29 is 14.2 Å². The molecule has 1 fully saturated rings. The summed E-state index contributed by atoms with van der Waals surface area (Å²) in [6.45, 7) is 8.95. The van der Waals surface area contributed by atoms with Gasteiger partial charge in [-0.15, -0.1) is 24.0 Å². The van der Waals surface area contributed by atoms with E-state index in [9.17, 15) is 0 Å². The molecule has 1 saturated heterocycles. The van der Waals surface area contributed by atoms with Crippen molar-refractivity contribution >= 4 is 29.9 Å². The van der Waals surface area contributed by atoms with Gasteiger partial charge in [0.1, 0.15) is 5.75 Å². The standard InChI is InChI=1S/C21H35N3O3.HI/c1-4-22-21(23-12-8-13-26-16-18-9-7-14-27-18)24-15-17(2)19-10-5-6-11-20(19)25-3;/h5-6,10-11,17-18H,4,7-9,12-16H2,1-3H3,(H2,22,23,24);1H. The summed E-state index contributed by atoms with van der Waals surface area (Å²) in [7, 11) is 1.71. The first-order valence-corrected chi connectivity index (χ1v) is 10.1. The highest BCUT2D eigenvalue weighted by Crippen LogP contribution is 2.26. The van der Waals surface area contributed by atoms with E-state index in [2.05, 4.69) is 30.5 Å². The minimum Gasteiger partial charge on any atom is -0.496 e. The van der Waals surface area contributed by atoms with Gasteiger partial charge in [-0.1, -0.05) is 25.1 Å². The lowest BCUT2D eigenvalue weighted by Gasteiger charge is -2.16. The van der Waals surface area contributed by atoms with Crippen LogP contribution in [0.5, 0.6) is 5.75 Å². The number of rotatable bonds is 11. The number of methoxy groups -OCH3 is 1. The van der Waals surface area contributed by atoms with Gasteiger partial charge in [0.15, 0.2) is 5.96 Å². The number of guanidine groups is 1. The summed E-state index contributed by atoms with van der Waals surface area (Å²) in [6, 6.07) is 8.13. The molecular formula is C21H36IN3O3. The van der Waals surface area contributed by atoms with E-state index < -0.39 is 0 Å². The fraction of sp³-hybridized carbons (Fsp3) is 0.667. The van der Waals surface area contributed by atoms with E-state index >= 15 is 0 Å². The molecule has 2 rings (SSSR count). The van der Waals surface area contributed by atoms with E-state index in [1.165, 1.54) is 5.56 Å². The topological polar surface area (TPSA) is 64.1 Å². The molecule has 2 unspecified atom stereocenters. The van der Waals surface area contributed by atoms with Gasteiger partial charge in [-0.2, -0.15) is 0 Å². The van der Waals surface area contributed by atoms with E-state index in [1.54, 1.807) is 7.11 Å². The van der Waals surface area contributed by atoms with Gasteiger partial charge in [0.2, 0.25) is 0 Å². The highest BCUT2D eigenvalue weighted by molar-refractivity contribution is 14.0. The Labute approximate surface area is 186 Å². The molecule has 160 valence electrons. The number of ether oxygens (including phenoxy) is 3. The van der Waals surface area contributed by atoms with E-state index in [1.807, 2.05) is 18.2 Å². The average Bonchev–Trinajstić information content (AvgIpc) is 3.21. The third kappa shape index (κ3) is 8.96. The first-order valence-electron chi connectivity index (χ1n) is 10.1. The second-order valence-corrected chi connectivity index (χ2v) is 6.85. The SMILES string of the molecule is CCNC(=NCC(C)c1ccccc1OC)NCCCOCC1CCCO1.I. The number of aliphatic imine (C=N–C) groups is 1. The quantitative estimate of drug-likeness (QED) is 0.209. The van der Waals surface area contributed by atoms with Gasteiger partial charge in [0.05, 0.1) is 19.8 Å². The molecule has 28 heavy (non-hydrogen) atoms. The first kappa shape index (κ1) is 25.0. The van der Waals surface area contributed by atoms with Crippen molar-refractivity contribution in [1.29, 1.82) is 0 Å². The van der Waals surface area contributed by atoms with Crippen molar-refractivity contribution in [3.8, 4) is 5.75 Å². The van der Waals surface area contributed by atoms with Crippen LogP contribution in [0.1, 0.15) is 44.6 Å². The second-order valence-electron chi connectivity index (χ2n) is 6.85. The zero-order valence-corrected chi connectivity index (χ0v) is 19.7. The Kier molecular flexibility index (Phi) is 13.3. The average molecular weight is 505 g/mol. The van der Waals surface area contributed by atoms with E-state index in [-0.39, 0.29) is 29.9 Å². The lowest BCUT2D eigenvalue weighted by molar-refractivity contribution is 0.0168. The van der Waals surface area contributed by atoms with Crippen LogP contribution in [0.3, 0.4) is 0 Å². The fourth-order valence-electron chi connectivity index (χ4n) is 3.11. The number of para-hydroxylation sites is 1. The van der Waals surface area contributed by atoms with Crippen molar-refractivity contribution in [3.05, 3.63) is 29.8 Å². The summed E-state index contributed by atoms with van der Waals surface area (Å²) in [5.41, 5.74) is 1.18. The summed E-state index contributed by atoms with van der Waals surface area (Å²) >= 11 is 0. The van der Waals surface area contributed by atoms with Crippen molar-refractivity contribution in [2.45, 2.75) is 45.1 Å². The Hall–Kier alpha value is -1.06. The zero-order chi connectivity index (χ0) is 19.3. The van der Waals surface area contributed by atoms with E-state index in [4.69, 9.17) is 19.2 Å². The molecule has 7 heteroatoms. The van der Waals surface area contributed by atoms with Crippen LogP contribution in [0.2, 0.25) is 0 Å². The molecule has 0 radical (unpaired) electrons. The van der Waals surface area contributed by atoms with Crippen LogP contribution in [0.4, 0.5) is 0 Å². The van der Waals surface area contributed by atoms with Gasteiger partial charge < -0.3 is 24.8 Å². The van der Waals surface area contributed by atoms with Crippen molar-refractivity contribution in [1.82, 2.24) is 10.6 Å². The molecule has 1 aliphatic rings. The Morgan fingerprint density at radius 3 is 2.86 bits per heavy atom. The normalized spacial score (nSPS) is 17.7. The largest absolute Gasteiger partial charge is 0.496 e. The van der Waals surface area contributed by atoms with Gasteiger partial charge in [0.25, 0.3) is 0 Å². The van der Waals surface area contributed by atoms with Gasteiger partial charge in [-0.05, 0) is 37.8 Å². The summed E-state index contributed by atoms with van der Waals surface area (Å²) in [4.78, 5) is 4.72. The summed E-state index contributed by atoms with van der Waals surface area (Å²) in [5.74, 6) is 2.05. The smallest absolute Gasteiger partial charge is 0.191 e. The minimum absolute atomic E-state index is 0. The molecule has 0 aromatic heterocycles. The highest BCUT2D eigenvalue weighted by atomic mass is 127. The Bertz CT molecular complexity index is 566. The molecule has 1 heterocycles. The van der Waals surface area contributed by atoms with E-state index in [0.29, 0.717) is 19.3 Å². The molecule has 1 aromatic carbocycles. The fourth-order valence-corrected chi connectivity index (χ4v) is 3.11. The molecule has 2 atom stereocenters. The Balaban J connectivity index is 0.00000392. The number of halogens is 1. The maximum absolute atomic E-state index is 5.70. The van der Waals surface area contributed by atoms with Crippen molar-refractivity contribution in [2.24, 2.45) is 4.99 Å². The molecule has 1 aromatic rings. The molecule has 0 spiro atoms. The van der Waals surface area contributed by atoms with Crippen LogP contribution in [-0.2, 0) is 9.47 Å². The molecule has 0 bridgehead atoms. The Morgan fingerprint density at radius 1 is 1.32 bits per heavy atom. The third-order valence-corrected chi connectivity index (χ3v) is 4.62. The van der Waals surface area contributed by atoms with Gasteiger partial charge >= 0.3 is 0 Å². The number of nitrogens with one attached hydrogen (secondary N) is 2. The van der Waals surface area contributed by atoms with Crippen molar-refractivity contribution in [2.75, 3.05) is 46.6 Å². The summed E-state index contributed by atoms with van der Waals surface area (Å²) in [6.07, 6.45) is 3.53. The molecule has 0 saturated carbocycles. The minimum atomic E-state index is 0. The molecule has 0 aliphatic carbocycles. The number of hydrogen-bond acceptors (Lipinski definition) is 4. The van der Waals surface area contributed by atoms with Crippen LogP contribution in [0.15, 0.2) is 29.3 Å². The number of hydrogen-bond donors (Lipinski definition) is 2. The number of nitrogens with zero attached hydrogens (tertiary/aromatic N) is 1. The maximum atomic E-state index is 5.70. The predicted octanol–water partition coefficient (Wildman–Crippen LogP) is 3.56. The van der Waals surface area contributed by atoms with Crippen LogP contribution >= 0.6 is 24.0 Å². The molecule has 2 N–H and O–H groups in total. The van der Waals surface area contributed by atoms with Gasteiger partial charge in [-0.25, -0.2) is 0 Å². The summed E-state index contributed by atoms with van der Waals surface area (Å²) < 4.78 is 16.7. The Morgan fingerprint density at radius 2 is 2.14 bits per heavy atom. The van der Waals surface area contributed by atoms with Gasteiger partial charge in [-0.3, -0.25) is 4.99 Å². The van der Waals surface area contributed by atoms with Crippen LogP contribution in [0, 0.1) is 0 Å². The van der Waals surface area contributed by atoms with Crippen LogP contribution in [-0.4, -0.2) is 58.6 Å². The third-order valence-electron chi connectivity index (χ3n) is 4.62. The maximum Gasteiger partial charge on any atom is 0.191 e. The van der Waals surface area contributed by atoms with Crippen LogP contribution in [0.25, 0.3) is 0 Å². The molecule has 0 amide bonds. The number of benzene rings is 1. The molecule has 6 nitrogen and oxygen atoms in total.